The molecule has 0 unspecified atom stereocenters. The Morgan fingerprint density at radius 3 is 3.05 bits per heavy atom. The van der Waals surface area contributed by atoms with Crippen LogP contribution in [0.2, 0.25) is 5.02 Å². The van der Waals surface area contributed by atoms with Crippen molar-refractivity contribution in [2.75, 3.05) is 5.32 Å². The number of halogens is 2. The average Bonchev–Trinajstić information content (AvgIpc) is 2.90. The van der Waals surface area contributed by atoms with Crippen LogP contribution in [0, 0.1) is 6.92 Å². The van der Waals surface area contributed by atoms with Gasteiger partial charge in [-0.1, -0.05) is 11.6 Å². The maximum atomic E-state index is 6.18. The van der Waals surface area contributed by atoms with Crippen LogP contribution in [0.15, 0.2) is 33.5 Å². The first-order valence-corrected chi connectivity index (χ1v) is 7.03. The third-order valence-electron chi connectivity index (χ3n) is 2.44. The van der Waals surface area contributed by atoms with E-state index in [1.165, 1.54) is 0 Å². The van der Waals surface area contributed by atoms with Gasteiger partial charge in [0, 0.05) is 10.7 Å². The SMILES string of the molecule is Cc1c(Br)cnc(NC(=S)NCc2ccco2)c1Cl. The van der Waals surface area contributed by atoms with E-state index in [0.717, 1.165) is 15.8 Å². The van der Waals surface area contributed by atoms with Crippen molar-refractivity contribution in [2.45, 2.75) is 13.5 Å². The van der Waals surface area contributed by atoms with Crippen LogP contribution in [0.3, 0.4) is 0 Å². The second kappa shape index (κ2) is 6.36. The first-order chi connectivity index (χ1) is 9.08. The molecule has 2 aromatic heterocycles. The van der Waals surface area contributed by atoms with Gasteiger partial charge in [-0.3, -0.25) is 0 Å². The van der Waals surface area contributed by atoms with E-state index in [1.807, 2.05) is 19.1 Å². The molecule has 0 spiro atoms. The number of nitrogens with one attached hydrogen (secondary N) is 2. The molecule has 0 aliphatic carbocycles. The molecule has 7 heteroatoms. The van der Waals surface area contributed by atoms with Crippen molar-refractivity contribution in [3.63, 3.8) is 0 Å². The van der Waals surface area contributed by atoms with Gasteiger partial charge in [-0.25, -0.2) is 4.98 Å². The number of furan rings is 1. The van der Waals surface area contributed by atoms with E-state index >= 15 is 0 Å². The molecular weight excluding hydrogens is 350 g/mol. The fourth-order valence-corrected chi connectivity index (χ4v) is 2.16. The van der Waals surface area contributed by atoms with Gasteiger partial charge in [0.25, 0.3) is 0 Å². The third-order valence-corrected chi connectivity index (χ3v) is 3.95. The molecule has 0 fully saturated rings. The quantitative estimate of drug-likeness (QED) is 0.813. The molecule has 100 valence electrons. The third kappa shape index (κ3) is 3.68. The van der Waals surface area contributed by atoms with Gasteiger partial charge < -0.3 is 15.1 Å². The van der Waals surface area contributed by atoms with E-state index < -0.39 is 0 Å². The highest BCUT2D eigenvalue weighted by Gasteiger charge is 2.09. The summed E-state index contributed by atoms with van der Waals surface area (Å²) in [7, 11) is 0. The second-order valence-corrected chi connectivity index (χ2v) is 5.42. The van der Waals surface area contributed by atoms with Crippen molar-refractivity contribution in [1.29, 1.82) is 0 Å². The molecule has 2 aromatic rings. The lowest BCUT2D eigenvalue weighted by molar-refractivity contribution is 0.503. The molecule has 2 N–H and O–H groups in total. The summed E-state index contributed by atoms with van der Waals surface area (Å²) in [6, 6.07) is 3.69. The molecule has 4 nitrogen and oxygen atoms in total. The number of hydrogen-bond acceptors (Lipinski definition) is 3. The first-order valence-electron chi connectivity index (χ1n) is 5.45. The van der Waals surface area contributed by atoms with E-state index in [0.29, 0.717) is 22.5 Å². The summed E-state index contributed by atoms with van der Waals surface area (Å²) in [4.78, 5) is 4.18. The molecule has 0 atom stereocenters. The Hall–Kier alpha value is -1.11. The van der Waals surface area contributed by atoms with Gasteiger partial charge in [0.15, 0.2) is 10.9 Å². The van der Waals surface area contributed by atoms with Gasteiger partial charge >= 0.3 is 0 Å². The number of rotatable bonds is 3. The minimum absolute atomic E-state index is 0.438. The maximum Gasteiger partial charge on any atom is 0.172 e. The normalized spacial score (nSPS) is 10.3. The van der Waals surface area contributed by atoms with Gasteiger partial charge in [0.05, 0.1) is 17.8 Å². The van der Waals surface area contributed by atoms with Crippen LogP contribution in [0.1, 0.15) is 11.3 Å². The van der Waals surface area contributed by atoms with Gasteiger partial charge in [0.2, 0.25) is 0 Å². The maximum absolute atomic E-state index is 6.18. The van der Waals surface area contributed by atoms with Crippen LogP contribution < -0.4 is 10.6 Å². The molecule has 0 saturated heterocycles. The van der Waals surface area contributed by atoms with Gasteiger partial charge in [0.1, 0.15) is 5.76 Å². The van der Waals surface area contributed by atoms with Crippen LogP contribution in [0.4, 0.5) is 5.82 Å². The van der Waals surface area contributed by atoms with Crippen molar-refractivity contribution in [1.82, 2.24) is 10.3 Å². The minimum Gasteiger partial charge on any atom is -0.467 e. The average molecular weight is 361 g/mol. The summed E-state index contributed by atoms with van der Waals surface area (Å²) >= 11 is 14.7. The fraction of sp³-hybridized carbons (Fsp3) is 0.167. The molecule has 0 aliphatic heterocycles. The highest BCUT2D eigenvalue weighted by molar-refractivity contribution is 9.10. The summed E-state index contributed by atoms with van der Waals surface area (Å²) in [5.41, 5.74) is 0.910. The molecule has 0 saturated carbocycles. The van der Waals surface area contributed by atoms with Crippen molar-refractivity contribution in [2.24, 2.45) is 0 Å². The van der Waals surface area contributed by atoms with Crippen LogP contribution in [0.25, 0.3) is 0 Å². The van der Waals surface area contributed by atoms with Crippen LogP contribution >= 0.6 is 39.7 Å². The molecule has 0 radical (unpaired) electrons. The number of pyridine rings is 1. The highest BCUT2D eigenvalue weighted by atomic mass is 79.9. The lowest BCUT2D eigenvalue weighted by Crippen LogP contribution is -2.28. The molecule has 19 heavy (non-hydrogen) atoms. The summed E-state index contributed by atoms with van der Waals surface area (Å²) < 4.78 is 6.05. The highest BCUT2D eigenvalue weighted by Crippen LogP contribution is 2.28. The lowest BCUT2D eigenvalue weighted by Gasteiger charge is -2.11. The standard InChI is InChI=1S/C12H11BrClN3OS/c1-7-9(13)6-15-11(10(7)14)17-12(19)16-5-8-3-2-4-18-8/h2-4,6H,5H2,1H3,(H2,15,16,17,19). The van der Waals surface area contributed by atoms with Gasteiger partial charge in [-0.05, 0) is 52.8 Å². The van der Waals surface area contributed by atoms with Crippen molar-refractivity contribution < 1.29 is 4.42 Å². The predicted molar refractivity (Wildman–Crippen MR) is 83.5 cm³/mol. The first kappa shape index (κ1) is 14.3. The zero-order chi connectivity index (χ0) is 13.8. The van der Waals surface area contributed by atoms with E-state index in [-0.39, 0.29) is 0 Å². The molecule has 0 aliphatic rings. The van der Waals surface area contributed by atoms with Crippen LogP contribution in [-0.4, -0.2) is 10.1 Å². The Balaban J connectivity index is 1.97. The second-order valence-electron chi connectivity index (χ2n) is 3.78. The number of hydrogen-bond donors (Lipinski definition) is 2. The van der Waals surface area contributed by atoms with E-state index in [4.69, 9.17) is 28.2 Å². The summed E-state index contributed by atoms with van der Waals surface area (Å²) in [5, 5.41) is 6.94. The van der Waals surface area contributed by atoms with E-state index in [1.54, 1.807) is 12.5 Å². The Bertz CT molecular complexity index is 589. The topological polar surface area (TPSA) is 50.1 Å². The minimum atomic E-state index is 0.438. The largest absolute Gasteiger partial charge is 0.467 e. The van der Waals surface area contributed by atoms with Crippen molar-refractivity contribution in [3.05, 3.63) is 45.4 Å². The van der Waals surface area contributed by atoms with Gasteiger partial charge in [-0.15, -0.1) is 0 Å². The number of nitrogens with zero attached hydrogens (tertiary/aromatic N) is 1. The van der Waals surface area contributed by atoms with Crippen LogP contribution in [-0.2, 0) is 6.54 Å². The van der Waals surface area contributed by atoms with Crippen molar-refractivity contribution >= 4 is 50.7 Å². The molecular formula is C12H11BrClN3OS. The van der Waals surface area contributed by atoms with Gasteiger partial charge in [-0.2, -0.15) is 0 Å². The van der Waals surface area contributed by atoms with E-state index in [2.05, 4.69) is 31.5 Å². The molecule has 2 heterocycles. The summed E-state index contributed by atoms with van der Waals surface area (Å²) in [6.07, 6.45) is 3.29. The number of thiocarbonyl (C=S) groups is 1. The zero-order valence-corrected chi connectivity index (χ0v) is 13.2. The molecule has 0 aromatic carbocycles. The number of anilines is 1. The summed E-state index contributed by atoms with van der Waals surface area (Å²) in [6.45, 7) is 2.41. The van der Waals surface area contributed by atoms with Crippen LogP contribution in [0.5, 0.6) is 0 Å². The molecule has 0 bridgehead atoms. The molecule has 0 amide bonds. The Labute approximate surface area is 129 Å². The predicted octanol–water partition coefficient (Wildman–Crippen LogP) is 3.89. The monoisotopic (exact) mass is 359 g/mol. The Morgan fingerprint density at radius 1 is 1.58 bits per heavy atom. The number of aromatic nitrogens is 1. The Kier molecular flexibility index (Phi) is 4.79. The zero-order valence-electron chi connectivity index (χ0n) is 10.0. The Morgan fingerprint density at radius 2 is 2.37 bits per heavy atom. The lowest BCUT2D eigenvalue weighted by atomic mass is 10.3. The fourth-order valence-electron chi connectivity index (χ4n) is 1.38. The van der Waals surface area contributed by atoms with E-state index in [9.17, 15) is 0 Å². The van der Waals surface area contributed by atoms with Crippen molar-refractivity contribution in [3.8, 4) is 0 Å². The molecule has 2 rings (SSSR count). The summed E-state index contributed by atoms with van der Waals surface area (Å²) in [5.74, 6) is 1.33. The smallest absolute Gasteiger partial charge is 0.172 e.